The molecule has 1 N–H and O–H groups in total. The van der Waals surface area contributed by atoms with E-state index in [2.05, 4.69) is 16.4 Å². The SMILES string of the molecule is CC1OCCC1Nc1cnccc1C#N. The van der Waals surface area contributed by atoms with Crippen molar-refractivity contribution in [2.24, 2.45) is 0 Å². The van der Waals surface area contributed by atoms with Gasteiger partial charge >= 0.3 is 0 Å². The van der Waals surface area contributed by atoms with Crippen LogP contribution in [0.4, 0.5) is 5.69 Å². The fourth-order valence-electron chi connectivity index (χ4n) is 1.73. The van der Waals surface area contributed by atoms with Gasteiger partial charge in [-0.2, -0.15) is 5.26 Å². The smallest absolute Gasteiger partial charge is 0.101 e. The van der Waals surface area contributed by atoms with Crippen LogP contribution in [0.25, 0.3) is 0 Å². The number of nitrogens with one attached hydrogen (secondary N) is 1. The van der Waals surface area contributed by atoms with Gasteiger partial charge in [0.05, 0.1) is 29.6 Å². The van der Waals surface area contributed by atoms with Gasteiger partial charge < -0.3 is 10.1 Å². The number of pyridine rings is 1. The predicted octanol–water partition coefficient (Wildman–Crippen LogP) is 1.54. The summed E-state index contributed by atoms with van der Waals surface area (Å²) in [4.78, 5) is 4.01. The molecule has 1 aliphatic rings. The Bertz CT molecular complexity index is 386. The number of hydrogen-bond acceptors (Lipinski definition) is 4. The van der Waals surface area contributed by atoms with E-state index in [0.717, 1.165) is 18.7 Å². The molecule has 0 spiro atoms. The average molecular weight is 203 g/mol. The van der Waals surface area contributed by atoms with Gasteiger partial charge in [-0.25, -0.2) is 0 Å². The lowest BCUT2D eigenvalue weighted by molar-refractivity contribution is 0.121. The summed E-state index contributed by atoms with van der Waals surface area (Å²) in [5, 5.41) is 12.2. The van der Waals surface area contributed by atoms with Crippen LogP contribution in [0.1, 0.15) is 18.9 Å². The molecule has 2 unspecified atom stereocenters. The van der Waals surface area contributed by atoms with E-state index < -0.39 is 0 Å². The largest absolute Gasteiger partial charge is 0.377 e. The van der Waals surface area contributed by atoms with E-state index in [1.807, 2.05) is 6.92 Å². The first-order valence-electron chi connectivity index (χ1n) is 5.03. The molecule has 2 rings (SSSR count). The maximum atomic E-state index is 8.91. The Kier molecular flexibility index (Phi) is 2.84. The molecule has 0 aromatic carbocycles. The van der Waals surface area contributed by atoms with Crippen molar-refractivity contribution < 1.29 is 4.74 Å². The van der Waals surface area contributed by atoms with E-state index in [4.69, 9.17) is 10.00 Å². The Hall–Kier alpha value is -1.60. The normalized spacial score (nSPS) is 24.8. The van der Waals surface area contributed by atoms with Crippen molar-refractivity contribution in [3.63, 3.8) is 0 Å². The number of hydrogen-bond donors (Lipinski definition) is 1. The summed E-state index contributed by atoms with van der Waals surface area (Å²) >= 11 is 0. The van der Waals surface area contributed by atoms with Gasteiger partial charge in [-0.3, -0.25) is 4.98 Å². The minimum Gasteiger partial charge on any atom is -0.377 e. The summed E-state index contributed by atoms with van der Waals surface area (Å²) in [6.45, 7) is 2.81. The van der Waals surface area contributed by atoms with Gasteiger partial charge in [0.1, 0.15) is 6.07 Å². The quantitative estimate of drug-likeness (QED) is 0.792. The van der Waals surface area contributed by atoms with Crippen LogP contribution in [0.2, 0.25) is 0 Å². The highest BCUT2D eigenvalue weighted by Crippen LogP contribution is 2.20. The number of rotatable bonds is 2. The van der Waals surface area contributed by atoms with Gasteiger partial charge in [0, 0.05) is 12.8 Å². The minimum atomic E-state index is 0.191. The van der Waals surface area contributed by atoms with E-state index >= 15 is 0 Å². The summed E-state index contributed by atoms with van der Waals surface area (Å²) < 4.78 is 5.45. The summed E-state index contributed by atoms with van der Waals surface area (Å²) in [5.41, 5.74) is 1.42. The molecule has 0 amide bonds. The standard InChI is InChI=1S/C11H13N3O/c1-8-10(3-5-15-8)14-11-7-13-4-2-9(11)6-12/h2,4,7-8,10,14H,3,5H2,1H3. The molecule has 78 valence electrons. The number of nitrogens with zero attached hydrogens (tertiary/aromatic N) is 2. The van der Waals surface area contributed by atoms with Gasteiger partial charge in [-0.05, 0) is 19.4 Å². The van der Waals surface area contributed by atoms with Crippen molar-refractivity contribution in [2.75, 3.05) is 11.9 Å². The van der Waals surface area contributed by atoms with E-state index in [-0.39, 0.29) is 12.1 Å². The molecule has 1 aliphatic heterocycles. The first-order chi connectivity index (χ1) is 7.31. The Labute approximate surface area is 88.9 Å². The van der Waals surface area contributed by atoms with E-state index in [1.54, 1.807) is 18.5 Å². The van der Waals surface area contributed by atoms with Crippen LogP contribution < -0.4 is 5.32 Å². The summed E-state index contributed by atoms with van der Waals surface area (Å²) in [7, 11) is 0. The predicted molar refractivity (Wildman–Crippen MR) is 56.4 cm³/mol. The van der Waals surface area contributed by atoms with Crippen molar-refractivity contribution in [3.05, 3.63) is 24.0 Å². The van der Waals surface area contributed by atoms with E-state index in [9.17, 15) is 0 Å². The summed E-state index contributed by atoms with van der Waals surface area (Å²) in [6, 6.07) is 4.13. The topological polar surface area (TPSA) is 57.9 Å². The highest BCUT2D eigenvalue weighted by Gasteiger charge is 2.24. The molecule has 1 aromatic heterocycles. The summed E-state index contributed by atoms with van der Waals surface area (Å²) in [5.74, 6) is 0. The maximum absolute atomic E-state index is 8.91. The molecule has 4 heteroatoms. The molecule has 15 heavy (non-hydrogen) atoms. The molecule has 0 aliphatic carbocycles. The highest BCUT2D eigenvalue weighted by molar-refractivity contribution is 5.56. The van der Waals surface area contributed by atoms with Gasteiger partial charge in [-0.15, -0.1) is 0 Å². The first kappa shape index (κ1) is 9.94. The van der Waals surface area contributed by atoms with E-state index in [0.29, 0.717) is 5.56 Å². The van der Waals surface area contributed by atoms with Crippen LogP contribution in [0.3, 0.4) is 0 Å². The second-order valence-electron chi connectivity index (χ2n) is 3.65. The van der Waals surface area contributed by atoms with Crippen LogP contribution in [-0.2, 0) is 4.74 Å². The fraction of sp³-hybridized carbons (Fsp3) is 0.455. The third-order valence-electron chi connectivity index (χ3n) is 2.66. The third kappa shape index (κ3) is 2.08. The minimum absolute atomic E-state index is 0.191. The molecule has 2 heterocycles. The van der Waals surface area contributed by atoms with Crippen molar-refractivity contribution in [1.29, 1.82) is 5.26 Å². The zero-order valence-electron chi connectivity index (χ0n) is 8.60. The van der Waals surface area contributed by atoms with E-state index in [1.165, 1.54) is 0 Å². The third-order valence-corrected chi connectivity index (χ3v) is 2.66. The van der Waals surface area contributed by atoms with Gasteiger partial charge in [0.2, 0.25) is 0 Å². The Morgan fingerprint density at radius 3 is 3.20 bits per heavy atom. The molecule has 0 saturated carbocycles. The average Bonchev–Trinajstić information content (AvgIpc) is 2.65. The van der Waals surface area contributed by atoms with Crippen LogP contribution in [-0.4, -0.2) is 23.7 Å². The van der Waals surface area contributed by atoms with Crippen molar-refractivity contribution in [3.8, 4) is 6.07 Å². The van der Waals surface area contributed by atoms with Crippen molar-refractivity contribution >= 4 is 5.69 Å². The summed E-state index contributed by atoms with van der Waals surface area (Å²) in [6.07, 6.45) is 4.47. The Morgan fingerprint density at radius 1 is 1.67 bits per heavy atom. The van der Waals surface area contributed by atoms with Gasteiger partial charge in [-0.1, -0.05) is 0 Å². The monoisotopic (exact) mass is 203 g/mol. The molecule has 1 aromatic rings. The number of nitriles is 1. The van der Waals surface area contributed by atoms with Crippen LogP contribution in [0.5, 0.6) is 0 Å². The molecular weight excluding hydrogens is 190 g/mol. The second-order valence-corrected chi connectivity index (χ2v) is 3.65. The second kappa shape index (κ2) is 4.28. The molecule has 2 atom stereocenters. The molecule has 1 fully saturated rings. The Balaban J connectivity index is 2.14. The number of aromatic nitrogens is 1. The van der Waals surface area contributed by atoms with Crippen molar-refractivity contribution in [1.82, 2.24) is 4.98 Å². The molecule has 0 bridgehead atoms. The van der Waals surface area contributed by atoms with Gasteiger partial charge in [0.15, 0.2) is 0 Å². The Morgan fingerprint density at radius 2 is 2.53 bits per heavy atom. The lowest BCUT2D eigenvalue weighted by Gasteiger charge is -2.17. The zero-order valence-corrected chi connectivity index (χ0v) is 8.60. The molecule has 4 nitrogen and oxygen atoms in total. The van der Waals surface area contributed by atoms with Crippen molar-refractivity contribution in [2.45, 2.75) is 25.5 Å². The first-order valence-corrected chi connectivity index (χ1v) is 5.03. The van der Waals surface area contributed by atoms with Gasteiger partial charge in [0.25, 0.3) is 0 Å². The van der Waals surface area contributed by atoms with Crippen LogP contribution >= 0.6 is 0 Å². The zero-order chi connectivity index (χ0) is 10.7. The molecular formula is C11H13N3O. The molecule has 1 saturated heterocycles. The molecule has 0 radical (unpaired) electrons. The van der Waals surface area contributed by atoms with Crippen LogP contribution in [0.15, 0.2) is 18.5 Å². The highest BCUT2D eigenvalue weighted by atomic mass is 16.5. The lowest BCUT2D eigenvalue weighted by atomic mass is 10.1. The number of ether oxygens (including phenoxy) is 1. The fourth-order valence-corrected chi connectivity index (χ4v) is 1.73. The number of anilines is 1. The van der Waals surface area contributed by atoms with Crippen LogP contribution in [0, 0.1) is 11.3 Å². The maximum Gasteiger partial charge on any atom is 0.101 e. The lowest BCUT2D eigenvalue weighted by Crippen LogP contribution is -2.27.